The molecule has 2 N–H and O–H groups in total. The zero-order valence-electron chi connectivity index (χ0n) is 16.7. The first kappa shape index (κ1) is 21.5. The van der Waals surface area contributed by atoms with Gasteiger partial charge >= 0.3 is 0 Å². The fraction of sp³-hybridized carbons (Fsp3) is 0.120. The number of hydrogen-bond acceptors (Lipinski definition) is 4. The third-order valence-electron chi connectivity index (χ3n) is 4.69. The van der Waals surface area contributed by atoms with Crippen molar-refractivity contribution in [3.05, 3.63) is 107 Å². The summed E-state index contributed by atoms with van der Waals surface area (Å²) in [6.45, 7) is -0.152. The van der Waals surface area contributed by atoms with Gasteiger partial charge in [-0.2, -0.15) is 5.26 Å². The van der Waals surface area contributed by atoms with E-state index in [1.807, 2.05) is 24.3 Å². The highest BCUT2D eigenvalue weighted by Gasteiger charge is 2.22. The second-order valence-electron chi connectivity index (χ2n) is 6.86. The predicted octanol–water partition coefficient (Wildman–Crippen LogP) is 2.90. The van der Waals surface area contributed by atoms with Gasteiger partial charge in [-0.25, -0.2) is 0 Å². The molecule has 0 bridgehead atoms. The molecule has 0 unspecified atom stereocenters. The van der Waals surface area contributed by atoms with Crippen LogP contribution in [-0.2, 0) is 11.2 Å². The molecular weight excluding hydrogens is 390 g/mol. The molecule has 3 aromatic rings. The monoisotopic (exact) mass is 411 g/mol. The van der Waals surface area contributed by atoms with E-state index in [2.05, 4.69) is 10.6 Å². The number of ketones is 1. The van der Waals surface area contributed by atoms with Gasteiger partial charge in [0.15, 0.2) is 5.78 Å². The molecule has 0 saturated carbocycles. The van der Waals surface area contributed by atoms with Crippen LogP contribution >= 0.6 is 0 Å². The molecule has 0 aliphatic rings. The van der Waals surface area contributed by atoms with Crippen LogP contribution in [0.3, 0.4) is 0 Å². The average Bonchev–Trinajstić information content (AvgIpc) is 2.83. The van der Waals surface area contributed by atoms with Crippen LogP contribution < -0.4 is 10.6 Å². The molecule has 0 aromatic heterocycles. The summed E-state index contributed by atoms with van der Waals surface area (Å²) in [6.07, 6.45) is 0.218. The van der Waals surface area contributed by atoms with Crippen LogP contribution in [0, 0.1) is 11.3 Å². The minimum atomic E-state index is -0.864. The van der Waals surface area contributed by atoms with Crippen LogP contribution in [0.25, 0.3) is 0 Å². The highest BCUT2D eigenvalue weighted by atomic mass is 16.2. The summed E-state index contributed by atoms with van der Waals surface area (Å²) in [7, 11) is 0. The van der Waals surface area contributed by atoms with Gasteiger partial charge in [0.05, 0.1) is 6.07 Å². The van der Waals surface area contributed by atoms with Gasteiger partial charge < -0.3 is 10.6 Å². The molecule has 154 valence electrons. The minimum absolute atomic E-state index is 0.0900. The van der Waals surface area contributed by atoms with Gasteiger partial charge in [-0.3, -0.25) is 14.4 Å². The first-order valence-electron chi connectivity index (χ1n) is 9.77. The van der Waals surface area contributed by atoms with Crippen molar-refractivity contribution in [3.63, 3.8) is 0 Å². The van der Waals surface area contributed by atoms with E-state index in [9.17, 15) is 14.4 Å². The van der Waals surface area contributed by atoms with Crippen molar-refractivity contribution >= 4 is 17.6 Å². The number of carbonyl (C=O) groups excluding carboxylic acids is 3. The Bertz CT molecular complexity index is 1090. The maximum atomic E-state index is 12.6. The lowest BCUT2D eigenvalue weighted by Gasteiger charge is -2.18. The molecule has 0 fully saturated rings. The molecule has 3 rings (SSSR count). The quantitative estimate of drug-likeness (QED) is 0.440. The number of amides is 2. The fourth-order valence-electron chi connectivity index (χ4n) is 3.07. The summed E-state index contributed by atoms with van der Waals surface area (Å²) >= 11 is 0. The lowest BCUT2D eigenvalue weighted by Crippen LogP contribution is -2.48. The van der Waals surface area contributed by atoms with Crippen molar-refractivity contribution in [3.8, 4) is 6.07 Å². The molecular formula is C25H21N3O3. The number of carbonyl (C=O) groups is 3. The molecule has 0 aliphatic heterocycles. The standard InChI is InChI=1S/C25H21N3O3/c26-15-16-27-25(31)22(28-24(30)21-9-5-2-6-10-21)17-18-11-13-20(14-12-18)23(29)19-7-3-1-4-8-19/h1-14,22H,16-17H2,(H,27,31)(H,28,30)/t22-/m0/s1. The molecule has 0 spiro atoms. The number of rotatable bonds is 8. The summed E-state index contributed by atoms with van der Waals surface area (Å²) in [4.78, 5) is 37.6. The van der Waals surface area contributed by atoms with E-state index < -0.39 is 11.9 Å². The Labute approximate surface area is 180 Å². The van der Waals surface area contributed by atoms with Crippen LogP contribution in [0.5, 0.6) is 0 Å². The molecule has 2 amide bonds. The van der Waals surface area contributed by atoms with Gasteiger partial charge in [0.25, 0.3) is 5.91 Å². The third-order valence-corrected chi connectivity index (χ3v) is 4.69. The highest BCUT2D eigenvalue weighted by Crippen LogP contribution is 2.13. The van der Waals surface area contributed by atoms with Crippen molar-refractivity contribution in [2.45, 2.75) is 12.5 Å². The second-order valence-corrected chi connectivity index (χ2v) is 6.86. The fourth-order valence-corrected chi connectivity index (χ4v) is 3.07. The number of hydrogen-bond donors (Lipinski definition) is 2. The normalized spacial score (nSPS) is 11.1. The Kier molecular flexibility index (Phi) is 7.28. The van der Waals surface area contributed by atoms with Crippen molar-refractivity contribution in [2.24, 2.45) is 0 Å². The Morgan fingerprint density at radius 1 is 0.774 bits per heavy atom. The molecule has 1 atom stereocenters. The van der Waals surface area contributed by atoms with E-state index in [-0.39, 0.29) is 24.7 Å². The van der Waals surface area contributed by atoms with E-state index in [0.717, 1.165) is 5.56 Å². The topological polar surface area (TPSA) is 99.1 Å². The maximum Gasteiger partial charge on any atom is 0.251 e. The molecule has 31 heavy (non-hydrogen) atoms. The van der Waals surface area contributed by atoms with Gasteiger partial charge in [0.2, 0.25) is 5.91 Å². The number of nitriles is 1. The highest BCUT2D eigenvalue weighted by molar-refractivity contribution is 6.09. The first-order chi connectivity index (χ1) is 15.1. The van der Waals surface area contributed by atoms with Gasteiger partial charge in [-0.15, -0.1) is 0 Å². The summed E-state index contributed by atoms with van der Waals surface area (Å²) < 4.78 is 0. The zero-order chi connectivity index (χ0) is 22.1. The van der Waals surface area contributed by atoms with Crippen molar-refractivity contribution in [2.75, 3.05) is 6.54 Å². The number of benzene rings is 3. The summed E-state index contributed by atoms with van der Waals surface area (Å²) in [5, 5.41) is 14.0. The smallest absolute Gasteiger partial charge is 0.251 e. The third kappa shape index (κ3) is 5.87. The molecule has 6 heteroatoms. The SMILES string of the molecule is N#CCNC(=O)[C@H](Cc1ccc(C(=O)c2ccccc2)cc1)NC(=O)c1ccccc1. The van der Waals surface area contributed by atoms with Gasteiger partial charge in [-0.05, 0) is 17.7 Å². The molecule has 0 aliphatic carbocycles. The summed E-state index contributed by atoms with van der Waals surface area (Å²) in [6, 6.07) is 25.5. The maximum absolute atomic E-state index is 12.6. The molecule has 0 radical (unpaired) electrons. The van der Waals surface area contributed by atoms with Crippen LogP contribution in [0.15, 0.2) is 84.9 Å². The second kappa shape index (κ2) is 10.5. The van der Waals surface area contributed by atoms with Gasteiger partial charge in [0, 0.05) is 23.1 Å². The van der Waals surface area contributed by atoms with Crippen molar-refractivity contribution in [1.29, 1.82) is 5.26 Å². The van der Waals surface area contributed by atoms with E-state index in [0.29, 0.717) is 16.7 Å². The zero-order valence-corrected chi connectivity index (χ0v) is 16.7. The Balaban J connectivity index is 1.74. The largest absolute Gasteiger partial charge is 0.341 e. The lowest BCUT2D eigenvalue weighted by molar-refractivity contribution is -0.122. The molecule has 3 aromatic carbocycles. The average molecular weight is 411 g/mol. The van der Waals surface area contributed by atoms with E-state index in [4.69, 9.17) is 5.26 Å². The Morgan fingerprint density at radius 2 is 1.32 bits per heavy atom. The summed E-state index contributed by atoms with van der Waals surface area (Å²) in [5.41, 5.74) is 2.34. The van der Waals surface area contributed by atoms with Crippen LogP contribution in [0.2, 0.25) is 0 Å². The van der Waals surface area contributed by atoms with Crippen molar-refractivity contribution < 1.29 is 14.4 Å². The predicted molar refractivity (Wildman–Crippen MR) is 116 cm³/mol. The molecule has 0 saturated heterocycles. The van der Waals surface area contributed by atoms with Crippen molar-refractivity contribution in [1.82, 2.24) is 10.6 Å². The molecule has 0 heterocycles. The van der Waals surface area contributed by atoms with E-state index >= 15 is 0 Å². The molecule has 6 nitrogen and oxygen atoms in total. The van der Waals surface area contributed by atoms with Crippen LogP contribution in [-0.4, -0.2) is 30.2 Å². The summed E-state index contributed by atoms with van der Waals surface area (Å²) in [5.74, 6) is -0.920. The lowest BCUT2D eigenvalue weighted by atomic mass is 9.99. The Hall–Kier alpha value is -4.24. The number of nitrogens with zero attached hydrogens (tertiary/aromatic N) is 1. The first-order valence-corrected chi connectivity index (χ1v) is 9.77. The van der Waals surface area contributed by atoms with Crippen LogP contribution in [0.4, 0.5) is 0 Å². The van der Waals surface area contributed by atoms with Crippen LogP contribution in [0.1, 0.15) is 31.8 Å². The van der Waals surface area contributed by atoms with Gasteiger partial charge in [0.1, 0.15) is 12.6 Å². The Morgan fingerprint density at radius 3 is 1.90 bits per heavy atom. The van der Waals surface area contributed by atoms with E-state index in [1.54, 1.807) is 66.7 Å². The minimum Gasteiger partial charge on any atom is -0.341 e. The van der Waals surface area contributed by atoms with E-state index in [1.165, 1.54) is 0 Å². The van der Waals surface area contributed by atoms with Gasteiger partial charge in [-0.1, -0.05) is 72.8 Å². The number of nitrogens with one attached hydrogen (secondary N) is 2.